The van der Waals surface area contributed by atoms with Gasteiger partial charge in [0.2, 0.25) is 5.91 Å². The fraction of sp³-hybridized carbons (Fsp3) is 0.846. The van der Waals surface area contributed by atoms with Crippen molar-refractivity contribution in [1.29, 1.82) is 0 Å². The van der Waals surface area contributed by atoms with Gasteiger partial charge in [-0.2, -0.15) is 0 Å². The zero-order chi connectivity index (χ0) is 25.8. The molecule has 0 spiro atoms. The maximum atomic E-state index is 11.8. The number of hydrogen-bond donors (Lipinski definition) is 1. The van der Waals surface area contributed by atoms with Crippen molar-refractivity contribution in [3.8, 4) is 0 Å². The molecule has 0 fully saturated rings. The number of unbranched alkanes of at least 4 members (excludes halogenated alkanes) is 11. The third-order valence-corrected chi connectivity index (χ3v) is 5.58. The van der Waals surface area contributed by atoms with Crippen LogP contribution in [0.25, 0.3) is 0 Å². The van der Waals surface area contributed by atoms with Gasteiger partial charge in [0, 0.05) is 27.7 Å². The molecule has 3 atom stereocenters. The molecule has 0 heterocycles. The van der Waals surface area contributed by atoms with Crippen LogP contribution >= 0.6 is 0 Å². The number of hydrogen-bond acceptors (Lipinski definition) is 7. The molecule has 1 amide bonds. The number of ether oxygens (including phenoxy) is 3. The molecule has 0 aromatic rings. The monoisotopic (exact) mass is 485 g/mol. The molecule has 34 heavy (non-hydrogen) atoms. The van der Waals surface area contributed by atoms with E-state index in [9.17, 15) is 19.2 Å². The van der Waals surface area contributed by atoms with Gasteiger partial charge in [0.05, 0.1) is 0 Å². The molecule has 0 aliphatic carbocycles. The van der Waals surface area contributed by atoms with Gasteiger partial charge in [0.25, 0.3) is 0 Å². The lowest BCUT2D eigenvalue weighted by Crippen LogP contribution is -2.53. The Bertz CT molecular complexity index is 594. The lowest BCUT2D eigenvalue weighted by atomic mass is 9.98. The second-order valence-electron chi connectivity index (χ2n) is 9.01. The summed E-state index contributed by atoms with van der Waals surface area (Å²) < 4.78 is 16.0. The number of nitrogens with one attached hydrogen (secondary N) is 1. The van der Waals surface area contributed by atoms with E-state index in [1.807, 2.05) is 0 Å². The summed E-state index contributed by atoms with van der Waals surface area (Å²) in [5.74, 6) is -1.98. The van der Waals surface area contributed by atoms with Gasteiger partial charge >= 0.3 is 17.9 Å². The highest BCUT2D eigenvalue weighted by Gasteiger charge is 2.35. The van der Waals surface area contributed by atoms with Crippen molar-refractivity contribution >= 4 is 23.8 Å². The Morgan fingerprint density at radius 2 is 1.12 bits per heavy atom. The van der Waals surface area contributed by atoms with Crippen molar-refractivity contribution in [2.24, 2.45) is 0 Å². The zero-order valence-corrected chi connectivity index (χ0v) is 22.0. The molecule has 198 valence electrons. The van der Waals surface area contributed by atoms with Crippen LogP contribution < -0.4 is 5.32 Å². The number of rotatable bonds is 20. The molecule has 8 heteroatoms. The van der Waals surface area contributed by atoms with Gasteiger partial charge in [-0.1, -0.05) is 77.6 Å². The Balaban J connectivity index is 4.72. The minimum atomic E-state index is -0.961. The van der Waals surface area contributed by atoms with Crippen molar-refractivity contribution in [3.05, 3.63) is 0 Å². The van der Waals surface area contributed by atoms with Crippen molar-refractivity contribution in [2.75, 3.05) is 6.61 Å². The van der Waals surface area contributed by atoms with Crippen molar-refractivity contribution in [2.45, 2.75) is 136 Å². The number of amides is 1. The maximum Gasteiger partial charge on any atom is 0.303 e. The smallest absolute Gasteiger partial charge is 0.303 e. The molecular weight excluding hydrogens is 438 g/mol. The second kappa shape index (κ2) is 20.3. The first-order chi connectivity index (χ1) is 16.2. The van der Waals surface area contributed by atoms with Crippen LogP contribution in [0.4, 0.5) is 0 Å². The third kappa shape index (κ3) is 18.3. The third-order valence-electron chi connectivity index (χ3n) is 5.58. The van der Waals surface area contributed by atoms with Gasteiger partial charge in [-0.3, -0.25) is 19.2 Å². The SMILES string of the molecule is CCCCCCCCCCCCCC[C@H](OC(C)=O)[C@@H](OC(C)=O)[C@@H](COC(C)=O)NC(C)=O. The fourth-order valence-corrected chi connectivity index (χ4v) is 3.99. The lowest BCUT2D eigenvalue weighted by Gasteiger charge is -2.32. The van der Waals surface area contributed by atoms with Gasteiger partial charge in [-0.05, 0) is 12.8 Å². The summed E-state index contributed by atoms with van der Waals surface area (Å²) >= 11 is 0. The zero-order valence-electron chi connectivity index (χ0n) is 22.0. The lowest BCUT2D eigenvalue weighted by molar-refractivity contribution is -0.171. The van der Waals surface area contributed by atoms with Gasteiger partial charge in [0.1, 0.15) is 18.8 Å². The number of carbonyl (C=O) groups is 4. The van der Waals surface area contributed by atoms with Gasteiger partial charge in [-0.15, -0.1) is 0 Å². The molecular formula is C26H47NO7. The summed E-state index contributed by atoms with van der Waals surface area (Å²) in [6.45, 7) is 7.15. The first kappa shape index (κ1) is 31.9. The molecule has 0 unspecified atom stereocenters. The van der Waals surface area contributed by atoms with Crippen LogP contribution in [0.15, 0.2) is 0 Å². The summed E-state index contributed by atoms with van der Waals surface area (Å²) in [4.78, 5) is 46.5. The van der Waals surface area contributed by atoms with E-state index in [2.05, 4.69) is 12.2 Å². The van der Waals surface area contributed by atoms with E-state index in [0.717, 1.165) is 19.3 Å². The quantitative estimate of drug-likeness (QED) is 0.147. The second-order valence-corrected chi connectivity index (χ2v) is 9.01. The Labute approximate surface area is 205 Å². The van der Waals surface area contributed by atoms with Crippen molar-refractivity contribution in [3.63, 3.8) is 0 Å². The van der Waals surface area contributed by atoms with E-state index < -0.39 is 36.2 Å². The minimum Gasteiger partial charge on any atom is -0.464 e. The summed E-state index contributed by atoms with van der Waals surface area (Å²) in [5.41, 5.74) is 0. The van der Waals surface area contributed by atoms with Crippen LogP contribution in [0.3, 0.4) is 0 Å². The maximum absolute atomic E-state index is 11.8. The average Bonchev–Trinajstić information content (AvgIpc) is 2.74. The van der Waals surface area contributed by atoms with Crippen molar-refractivity contribution in [1.82, 2.24) is 5.32 Å². The van der Waals surface area contributed by atoms with Crippen LogP contribution in [0, 0.1) is 0 Å². The molecule has 1 N–H and O–H groups in total. The average molecular weight is 486 g/mol. The standard InChI is InChI=1S/C26H47NO7/c1-6-7-8-9-10-11-12-13-14-15-16-17-18-25(33-22(4)30)26(34-23(5)31)24(27-20(2)28)19-32-21(3)29/h24-26H,6-19H2,1-5H3,(H,27,28)/t24-,25+,26+/m1/s1. The Kier molecular flexibility index (Phi) is 19.0. The first-order valence-corrected chi connectivity index (χ1v) is 12.9. The van der Waals surface area contributed by atoms with Crippen LogP contribution in [0.2, 0.25) is 0 Å². The number of esters is 3. The van der Waals surface area contributed by atoms with Gasteiger partial charge in [0.15, 0.2) is 6.10 Å². The van der Waals surface area contributed by atoms with E-state index in [-0.39, 0.29) is 12.5 Å². The molecule has 0 rings (SSSR count). The van der Waals surface area contributed by atoms with Crippen molar-refractivity contribution < 1.29 is 33.4 Å². The first-order valence-electron chi connectivity index (χ1n) is 12.9. The molecule has 0 aliphatic rings. The molecule has 0 aliphatic heterocycles. The summed E-state index contributed by atoms with van der Waals surface area (Å²) in [6.07, 6.45) is 13.2. The molecule has 0 aromatic carbocycles. The molecule has 8 nitrogen and oxygen atoms in total. The number of carbonyl (C=O) groups excluding carboxylic acids is 4. The summed E-state index contributed by atoms with van der Waals surface area (Å²) in [6, 6.07) is -0.827. The normalized spacial score (nSPS) is 13.4. The van der Waals surface area contributed by atoms with E-state index in [1.54, 1.807) is 0 Å². The molecule has 0 radical (unpaired) electrons. The van der Waals surface area contributed by atoms with E-state index in [1.165, 1.54) is 85.5 Å². The highest BCUT2D eigenvalue weighted by atomic mass is 16.6. The largest absolute Gasteiger partial charge is 0.464 e. The van der Waals surface area contributed by atoms with Crippen LogP contribution in [-0.4, -0.2) is 48.7 Å². The summed E-state index contributed by atoms with van der Waals surface area (Å²) in [5, 5.41) is 2.66. The van der Waals surface area contributed by atoms with E-state index >= 15 is 0 Å². The molecule has 0 bridgehead atoms. The van der Waals surface area contributed by atoms with Gasteiger partial charge < -0.3 is 19.5 Å². The topological polar surface area (TPSA) is 108 Å². The molecule has 0 aromatic heterocycles. The Morgan fingerprint density at radius 3 is 1.53 bits per heavy atom. The molecule has 0 saturated carbocycles. The van der Waals surface area contributed by atoms with Gasteiger partial charge in [-0.25, -0.2) is 0 Å². The Hall–Kier alpha value is -2.12. The van der Waals surface area contributed by atoms with Crippen LogP contribution in [0.5, 0.6) is 0 Å². The van der Waals surface area contributed by atoms with Crippen LogP contribution in [0.1, 0.15) is 118 Å². The Morgan fingerprint density at radius 1 is 0.647 bits per heavy atom. The summed E-state index contributed by atoms with van der Waals surface area (Å²) in [7, 11) is 0. The highest BCUT2D eigenvalue weighted by Crippen LogP contribution is 2.19. The van der Waals surface area contributed by atoms with E-state index in [4.69, 9.17) is 14.2 Å². The highest BCUT2D eigenvalue weighted by molar-refractivity contribution is 5.73. The predicted octanol–water partition coefficient (Wildman–Crippen LogP) is 5.01. The predicted molar refractivity (Wildman–Crippen MR) is 131 cm³/mol. The van der Waals surface area contributed by atoms with Crippen LogP contribution in [-0.2, 0) is 33.4 Å². The molecule has 0 saturated heterocycles. The van der Waals surface area contributed by atoms with E-state index in [0.29, 0.717) is 6.42 Å². The fourth-order valence-electron chi connectivity index (χ4n) is 3.99. The minimum absolute atomic E-state index is 0.191.